The number of hydrogen-bond acceptors (Lipinski definition) is 3. The summed E-state index contributed by atoms with van der Waals surface area (Å²) in [6, 6.07) is 6.44. The van der Waals surface area contributed by atoms with E-state index in [4.69, 9.17) is 0 Å². The minimum atomic E-state index is -0.984. The number of carboxylic acid groups (broad SMARTS) is 1. The third kappa shape index (κ3) is 2.61. The van der Waals surface area contributed by atoms with Gasteiger partial charge in [0.15, 0.2) is 0 Å². The summed E-state index contributed by atoms with van der Waals surface area (Å²) < 4.78 is 0. The number of aliphatic carboxylic acids is 1. The number of rotatable bonds is 2. The predicted octanol–water partition coefficient (Wildman–Crippen LogP) is 2.33. The number of amides is 1. The van der Waals surface area contributed by atoms with E-state index in [0.717, 1.165) is 5.69 Å². The molecule has 0 aromatic heterocycles. The van der Waals surface area contributed by atoms with Crippen molar-refractivity contribution in [2.24, 2.45) is 5.41 Å². The van der Waals surface area contributed by atoms with Gasteiger partial charge in [0.05, 0.1) is 11.4 Å². The highest BCUT2D eigenvalue weighted by molar-refractivity contribution is 6.03. The second-order valence-corrected chi connectivity index (χ2v) is 6.06. The Hall–Kier alpha value is -2.04. The van der Waals surface area contributed by atoms with Crippen molar-refractivity contribution < 1.29 is 14.7 Å². The highest BCUT2D eigenvalue weighted by Crippen LogP contribution is 2.35. The molecule has 5 nitrogen and oxygen atoms in total. The Morgan fingerprint density at radius 2 is 2.00 bits per heavy atom. The number of carbonyl (C=O) groups is 2. The monoisotopic (exact) mass is 276 g/mol. The first-order valence-electron chi connectivity index (χ1n) is 6.70. The molecular formula is C15H20N2O3. The topological polar surface area (TPSA) is 69.6 Å². The molecule has 0 spiro atoms. The van der Waals surface area contributed by atoms with Gasteiger partial charge in [0.1, 0.15) is 6.04 Å². The van der Waals surface area contributed by atoms with Crippen LogP contribution in [0.25, 0.3) is 0 Å². The fourth-order valence-corrected chi connectivity index (χ4v) is 2.54. The number of fused-ring (bicyclic) bond motifs is 1. The molecule has 0 aliphatic carbocycles. The van der Waals surface area contributed by atoms with Crippen LogP contribution in [0.2, 0.25) is 0 Å². The van der Waals surface area contributed by atoms with Crippen molar-refractivity contribution in [3.05, 3.63) is 24.3 Å². The van der Waals surface area contributed by atoms with E-state index < -0.39 is 17.4 Å². The zero-order valence-corrected chi connectivity index (χ0v) is 12.0. The van der Waals surface area contributed by atoms with Crippen LogP contribution in [0.3, 0.4) is 0 Å². The standard InChI is InChI=1S/C15H20N2O3/c1-15(2,3)13(14(19)20)17-11-7-5-4-6-10(11)16-9-8-12(17)18/h4-7,13,16H,8-9H2,1-3H3,(H,19,20). The van der Waals surface area contributed by atoms with Crippen LogP contribution in [0.1, 0.15) is 27.2 Å². The summed E-state index contributed by atoms with van der Waals surface area (Å²) in [6.45, 7) is 6.02. The lowest BCUT2D eigenvalue weighted by molar-refractivity contribution is -0.142. The number of nitrogens with zero attached hydrogens (tertiary/aromatic N) is 1. The van der Waals surface area contributed by atoms with Crippen molar-refractivity contribution in [3.63, 3.8) is 0 Å². The minimum Gasteiger partial charge on any atom is -0.480 e. The average Bonchev–Trinajstić information content (AvgIpc) is 2.48. The van der Waals surface area contributed by atoms with Crippen LogP contribution in [0.15, 0.2) is 24.3 Å². The van der Waals surface area contributed by atoms with E-state index in [2.05, 4.69) is 5.32 Å². The molecule has 0 bridgehead atoms. The molecule has 2 rings (SSSR count). The number of carbonyl (C=O) groups excluding carboxylic acids is 1. The highest BCUT2D eigenvalue weighted by Gasteiger charge is 2.41. The van der Waals surface area contributed by atoms with Crippen molar-refractivity contribution in [2.75, 3.05) is 16.8 Å². The van der Waals surface area contributed by atoms with Crippen LogP contribution in [0.4, 0.5) is 11.4 Å². The maximum atomic E-state index is 12.4. The van der Waals surface area contributed by atoms with E-state index in [1.165, 1.54) is 4.90 Å². The minimum absolute atomic E-state index is 0.162. The van der Waals surface area contributed by atoms with Crippen molar-refractivity contribution in [1.29, 1.82) is 0 Å². The van der Waals surface area contributed by atoms with Gasteiger partial charge in [0, 0.05) is 13.0 Å². The van der Waals surface area contributed by atoms with Crippen LogP contribution >= 0.6 is 0 Å². The lowest BCUT2D eigenvalue weighted by Gasteiger charge is -2.37. The fraction of sp³-hybridized carbons (Fsp3) is 0.467. The lowest BCUT2D eigenvalue weighted by Crippen LogP contribution is -2.52. The zero-order chi connectivity index (χ0) is 14.9. The van der Waals surface area contributed by atoms with E-state index in [1.807, 2.05) is 39.0 Å². The van der Waals surface area contributed by atoms with Gasteiger partial charge in [-0.2, -0.15) is 0 Å². The van der Waals surface area contributed by atoms with E-state index >= 15 is 0 Å². The Morgan fingerprint density at radius 3 is 2.60 bits per heavy atom. The molecule has 20 heavy (non-hydrogen) atoms. The summed E-state index contributed by atoms with van der Waals surface area (Å²) in [6.07, 6.45) is 0.286. The van der Waals surface area contributed by atoms with Crippen LogP contribution in [-0.4, -0.2) is 29.6 Å². The predicted molar refractivity (Wildman–Crippen MR) is 77.9 cm³/mol. The molecule has 2 N–H and O–H groups in total. The highest BCUT2D eigenvalue weighted by atomic mass is 16.4. The molecule has 1 unspecified atom stereocenters. The van der Waals surface area contributed by atoms with Gasteiger partial charge in [-0.3, -0.25) is 9.69 Å². The van der Waals surface area contributed by atoms with Gasteiger partial charge in [-0.25, -0.2) is 4.79 Å². The Kier molecular flexibility index (Phi) is 3.70. The summed E-state index contributed by atoms with van der Waals surface area (Å²) in [5.74, 6) is -1.15. The Labute approximate surface area is 118 Å². The summed E-state index contributed by atoms with van der Waals surface area (Å²) in [5, 5.41) is 12.8. The van der Waals surface area contributed by atoms with Gasteiger partial charge in [0.2, 0.25) is 5.91 Å². The van der Waals surface area contributed by atoms with Crippen molar-refractivity contribution >= 4 is 23.3 Å². The molecule has 1 heterocycles. The van der Waals surface area contributed by atoms with Gasteiger partial charge in [-0.05, 0) is 17.5 Å². The van der Waals surface area contributed by atoms with Crippen molar-refractivity contribution in [2.45, 2.75) is 33.2 Å². The molecule has 1 aromatic rings. The van der Waals surface area contributed by atoms with E-state index in [-0.39, 0.29) is 12.3 Å². The SMILES string of the molecule is CC(C)(C)C(C(=O)O)N1C(=O)CCNc2ccccc21. The van der Waals surface area contributed by atoms with Crippen LogP contribution in [0, 0.1) is 5.41 Å². The molecule has 108 valence electrons. The molecule has 5 heteroatoms. The molecule has 1 aliphatic rings. The zero-order valence-electron chi connectivity index (χ0n) is 12.0. The van der Waals surface area contributed by atoms with E-state index in [0.29, 0.717) is 12.2 Å². The molecule has 1 atom stereocenters. The number of nitrogens with one attached hydrogen (secondary N) is 1. The summed E-state index contributed by atoms with van der Waals surface area (Å²) in [5.41, 5.74) is 0.880. The number of para-hydroxylation sites is 2. The smallest absolute Gasteiger partial charge is 0.327 e. The number of benzene rings is 1. The number of anilines is 2. The summed E-state index contributed by atoms with van der Waals surface area (Å²) >= 11 is 0. The first-order chi connectivity index (χ1) is 9.32. The number of hydrogen-bond donors (Lipinski definition) is 2. The summed E-state index contributed by atoms with van der Waals surface area (Å²) in [7, 11) is 0. The van der Waals surface area contributed by atoms with Crippen LogP contribution < -0.4 is 10.2 Å². The molecule has 1 amide bonds. The maximum Gasteiger partial charge on any atom is 0.327 e. The summed E-state index contributed by atoms with van der Waals surface area (Å²) in [4.78, 5) is 25.5. The Balaban J connectivity index is 2.57. The second-order valence-electron chi connectivity index (χ2n) is 6.06. The van der Waals surface area contributed by atoms with Crippen molar-refractivity contribution in [3.8, 4) is 0 Å². The molecule has 0 saturated carbocycles. The first-order valence-corrected chi connectivity index (χ1v) is 6.70. The third-order valence-corrected chi connectivity index (χ3v) is 3.40. The lowest BCUT2D eigenvalue weighted by atomic mass is 9.85. The normalized spacial score (nSPS) is 16.9. The quantitative estimate of drug-likeness (QED) is 0.870. The van der Waals surface area contributed by atoms with Crippen LogP contribution in [-0.2, 0) is 9.59 Å². The molecule has 0 fully saturated rings. The molecule has 0 saturated heterocycles. The average molecular weight is 276 g/mol. The molecule has 1 aromatic carbocycles. The van der Waals surface area contributed by atoms with Gasteiger partial charge in [-0.15, -0.1) is 0 Å². The Bertz CT molecular complexity index is 534. The largest absolute Gasteiger partial charge is 0.480 e. The second kappa shape index (κ2) is 5.15. The number of carboxylic acids is 1. The van der Waals surface area contributed by atoms with Crippen molar-refractivity contribution in [1.82, 2.24) is 0 Å². The van der Waals surface area contributed by atoms with E-state index in [1.54, 1.807) is 6.07 Å². The van der Waals surface area contributed by atoms with Crippen LogP contribution in [0.5, 0.6) is 0 Å². The van der Waals surface area contributed by atoms with E-state index in [9.17, 15) is 14.7 Å². The first kappa shape index (κ1) is 14.4. The van der Waals surface area contributed by atoms with Gasteiger partial charge < -0.3 is 10.4 Å². The molecule has 0 radical (unpaired) electrons. The fourth-order valence-electron chi connectivity index (χ4n) is 2.54. The van der Waals surface area contributed by atoms with Gasteiger partial charge in [0.25, 0.3) is 0 Å². The Morgan fingerprint density at radius 1 is 1.35 bits per heavy atom. The molecular weight excluding hydrogens is 256 g/mol. The molecule has 1 aliphatic heterocycles. The third-order valence-electron chi connectivity index (χ3n) is 3.40. The maximum absolute atomic E-state index is 12.4. The van der Waals surface area contributed by atoms with Gasteiger partial charge in [-0.1, -0.05) is 32.9 Å². The van der Waals surface area contributed by atoms with Gasteiger partial charge >= 0.3 is 5.97 Å².